The summed E-state index contributed by atoms with van der Waals surface area (Å²) in [5.41, 5.74) is 1.16. The van der Waals surface area contributed by atoms with Crippen LogP contribution in [0.15, 0.2) is 53.5 Å². The summed E-state index contributed by atoms with van der Waals surface area (Å²) in [5, 5.41) is 15.4. The van der Waals surface area contributed by atoms with Gasteiger partial charge in [-0.25, -0.2) is 0 Å². The number of nitrogens with zero attached hydrogens (tertiary/aromatic N) is 2. The van der Waals surface area contributed by atoms with Crippen LogP contribution in [-0.4, -0.2) is 47.8 Å². The molecule has 170 valence electrons. The molecule has 0 aliphatic carbocycles. The molecule has 4 rings (SSSR count). The van der Waals surface area contributed by atoms with Gasteiger partial charge in [-0.1, -0.05) is 25.1 Å². The van der Waals surface area contributed by atoms with Crippen LogP contribution in [0.1, 0.15) is 25.0 Å². The van der Waals surface area contributed by atoms with Crippen LogP contribution in [0.3, 0.4) is 0 Å². The van der Waals surface area contributed by atoms with Crippen molar-refractivity contribution in [3.63, 3.8) is 0 Å². The van der Waals surface area contributed by atoms with Gasteiger partial charge in [-0.05, 0) is 43.8 Å². The van der Waals surface area contributed by atoms with E-state index in [-0.39, 0.29) is 35.8 Å². The maximum Gasteiger partial charge on any atom is 0.279 e. The van der Waals surface area contributed by atoms with Gasteiger partial charge < -0.3 is 19.4 Å². The molecule has 0 saturated carbocycles. The van der Waals surface area contributed by atoms with Crippen LogP contribution < -0.4 is 10.3 Å². The summed E-state index contributed by atoms with van der Waals surface area (Å²) in [6.45, 7) is 5.79. The first kappa shape index (κ1) is 22.7. The van der Waals surface area contributed by atoms with Crippen molar-refractivity contribution in [2.24, 2.45) is 5.92 Å². The van der Waals surface area contributed by atoms with E-state index in [4.69, 9.17) is 9.47 Å². The second-order valence-corrected chi connectivity index (χ2v) is 13.1. The van der Waals surface area contributed by atoms with Crippen LogP contribution in [-0.2, 0) is 4.74 Å². The SMILES string of the molecule is CO[C@H]1c2cc(-n3ncc4ccccc4c3=O)ccc2O[C@@H](C(CCO)[Si](C)(C)O)[C@@H]1C. The Morgan fingerprint density at radius 2 is 2.00 bits per heavy atom. The minimum absolute atomic E-state index is 0.00572. The van der Waals surface area contributed by atoms with E-state index in [1.54, 1.807) is 19.4 Å². The first-order chi connectivity index (χ1) is 15.3. The van der Waals surface area contributed by atoms with Gasteiger partial charge in [0.1, 0.15) is 11.9 Å². The molecule has 1 unspecified atom stereocenters. The minimum atomic E-state index is -2.59. The molecular weight excluding hydrogens is 424 g/mol. The number of hydrogen-bond acceptors (Lipinski definition) is 6. The van der Waals surface area contributed by atoms with E-state index in [9.17, 15) is 14.7 Å². The summed E-state index contributed by atoms with van der Waals surface area (Å²) in [6.07, 6.45) is 1.61. The molecule has 0 saturated heterocycles. The van der Waals surface area contributed by atoms with Crippen molar-refractivity contribution in [2.75, 3.05) is 13.7 Å². The minimum Gasteiger partial charge on any atom is -0.490 e. The molecule has 3 aromatic rings. The molecule has 2 heterocycles. The Morgan fingerprint density at radius 1 is 1.25 bits per heavy atom. The maximum atomic E-state index is 13.0. The van der Waals surface area contributed by atoms with Crippen molar-refractivity contribution in [1.29, 1.82) is 0 Å². The van der Waals surface area contributed by atoms with Gasteiger partial charge in [-0.2, -0.15) is 9.78 Å². The number of aliphatic hydroxyl groups excluding tert-OH is 1. The Labute approximate surface area is 188 Å². The summed E-state index contributed by atoms with van der Waals surface area (Å²) in [7, 11) is -0.938. The third-order valence-corrected chi connectivity index (χ3v) is 8.93. The quantitative estimate of drug-likeness (QED) is 0.555. The van der Waals surface area contributed by atoms with Gasteiger partial charge in [0.25, 0.3) is 5.56 Å². The smallest absolute Gasteiger partial charge is 0.279 e. The van der Waals surface area contributed by atoms with Crippen LogP contribution in [0, 0.1) is 5.92 Å². The first-order valence-corrected chi connectivity index (χ1v) is 13.9. The largest absolute Gasteiger partial charge is 0.490 e. The van der Waals surface area contributed by atoms with Gasteiger partial charge in [0.15, 0.2) is 8.32 Å². The Bertz CT molecular complexity index is 1170. The van der Waals surface area contributed by atoms with Gasteiger partial charge in [0, 0.05) is 36.1 Å². The highest BCUT2D eigenvalue weighted by atomic mass is 28.4. The predicted molar refractivity (Wildman–Crippen MR) is 126 cm³/mol. The van der Waals surface area contributed by atoms with E-state index in [0.29, 0.717) is 23.2 Å². The Kier molecular flexibility index (Phi) is 6.22. The third kappa shape index (κ3) is 3.99. The zero-order valence-electron chi connectivity index (χ0n) is 18.9. The van der Waals surface area contributed by atoms with Crippen LogP contribution in [0.4, 0.5) is 0 Å². The lowest BCUT2D eigenvalue weighted by molar-refractivity contribution is -0.0256. The molecule has 2 aromatic carbocycles. The Balaban J connectivity index is 1.77. The fourth-order valence-corrected chi connectivity index (χ4v) is 6.84. The number of aromatic nitrogens is 2. The highest BCUT2D eigenvalue weighted by Gasteiger charge is 2.46. The van der Waals surface area contributed by atoms with Crippen molar-refractivity contribution in [3.8, 4) is 11.4 Å². The van der Waals surface area contributed by atoms with Gasteiger partial charge >= 0.3 is 0 Å². The maximum absolute atomic E-state index is 13.0. The number of ether oxygens (including phenoxy) is 2. The number of rotatable bonds is 6. The second-order valence-electron chi connectivity index (χ2n) is 9.04. The molecule has 1 aromatic heterocycles. The summed E-state index contributed by atoms with van der Waals surface area (Å²) in [6, 6.07) is 12.9. The van der Waals surface area contributed by atoms with Crippen molar-refractivity contribution < 1.29 is 19.4 Å². The summed E-state index contributed by atoms with van der Waals surface area (Å²) in [5.74, 6) is 0.609. The van der Waals surface area contributed by atoms with Crippen LogP contribution in [0.5, 0.6) is 5.75 Å². The molecule has 0 fully saturated rings. The fraction of sp³-hybridized carbons (Fsp3) is 0.417. The van der Waals surface area contributed by atoms with Gasteiger partial charge in [0.2, 0.25) is 0 Å². The lowest BCUT2D eigenvalue weighted by atomic mass is 9.86. The normalized spacial score (nSPS) is 21.8. The molecule has 7 nitrogen and oxygen atoms in total. The Morgan fingerprint density at radius 3 is 2.69 bits per heavy atom. The van der Waals surface area contributed by atoms with Crippen molar-refractivity contribution in [3.05, 3.63) is 64.6 Å². The Hall–Kier alpha value is -2.52. The molecule has 4 atom stereocenters. The predicted octanol–water partition coefficient (Wildman–Crippen LogP) is 3.42. The van der Waals surface area contributed by atoms with Gasteiger partial charge in [-0.15, -0.1) is 0 Å². The standard InChI is InChI=1S/C24H30N2O5Si/c1-15-22(30-2)19-13-17(26-24(28)18-8-6-5-7-16(18)14-25-26)9-10-20(19)31-23(15)21(11-12-27)32(3,4)29/h5-10,13-15,21-23,27,29H,11-12H2,1-4H3/t15-,21?,22-,23-/m1/s1. The molecule has 0 bridgehead atoms. The van der Waals surface area contributed by atoms with E-state index in [0.717, 1.165) is 10.9 Å². The molecule has 32 heavy (non-hydrogen) atoms. The molecule has 0 radical (unpaired) electrons. The fourth-order valence-electron chi connectivity index (χ4n) is 4.83. The molecule has 8 heteroatoms. The van der Waals surface area contributed by atoms with Crippen LogP contribution >= 0.6 is 0 Å². The van der Waals surface area contributed by atoms with Crippen molar-refractivity contribution >= 4 is 19.1 Å². The van der Waals surface area contributed by atoms with Crippen molar-refractivity contribution in [1.82, 2.24) is 9.78 Å². The van der Waals surface area contributed by atoms with E-state index >= 15 is 0 Å². The highest BCUT2D eigenvalue weighted by molar-refractivity contribution is 6.71. The lowest BCUT2D eigenvalue weighted by Crippen LogP contribution is -2.48. The number of hydrogen-bond donors (Lipinski definition) is 2. The first-order valence-electron chi connectivity index (χ1n) is 10.9. The summed E-state index contributed by atoms with van der Waals surface area (Å²) < 4.78 is 13.7. The molecule has 1 aliphatic heterocycles. The summed E-state index contributed by atoms with van der Waals surface area (Å²) in [4.78, 5) is 23.9. The third-order valence-electron chi connectivity index (χ3n) is 6.50. The zero-order chi connectivity index (χ0) is 23.0. The monoisotopic (exact) mass is 454 g/mol. The number of fused-ring (bicyclic) bond motifs is 2. The second kappa shape index (κ2) is 8.78. The summed E-state index contributed by atoms with van der Waals surface area (Å²) >= 11 is 0. The van der Waals surface area contributed by atoms with Crippen molar-refractivity contribution in [2.45, 2.75) is 44.2 Å². The van der Waals surface area contributed by atoms with E-state index in [1.165, 1.54) is 4.68 Å². The van der Waals surface area contributed by atoms with Crippen LogP contribution in [0.25, 0.3) is 16.5 Å². The topological polar surface area (TPSA) is 93.8 Å². The van der Waals surface area contributed by atoms with Gasteiger partial charge in [-0.3, -0.25) is 4.79 Å². The zero-order valence-corrected chi connectivity index (χ0v) is 19.9. The molecule has 0 spiro atoms. The average Bonchev–Trinajstić information content (AvgIpc) is 2.77. The molecule has 1 aliphatic rings. The van der Waals surface area contributed by atoms with E-state index < -0.39 is 8.32 Å². The number of aliphatic hydroxyl groups is 1. The molecule has 0 amide bonds. The highest BCUT2D eigenvalue weighted by Crippen LogP contribution is 2.46. The molecular formula is C24H30N2O5Si. The number of methoxy groups -OCH3 is 1. The van der Waals surface area contributed by atoms with E-state index in [2.05, 4.69) is 5.10 Å². The van der Waals surface area contributed by atoms with Crippen LogP contribution in [0.2, 0.25) is 18.6 Å². The lowest BCUT2D eigenvalue weighted by Gasteiger charge is -2.43. The average molecular weight is 455 g/mol. The van der Waals surface area contributed by atoms with Gasteiger partial charge in [0.05, 0.1) is 23.4 Å². The van der Waals surface area contributed by atoms with E-state index in [1.807, 2.05) is 56.4 Å². The number of benzene rings is 2. The molecule has 2 N–H and O–H groups in total.